The summed E-state index contributed by atoms with van der Waals surface area (Å²) in [5.74, 6) is -0.405. The van der Waals surface area contributed by atoms with Crippen LogP contribution in [-0.4, -0.2) is 20.9 Å². The number of aryl methyl sites for hydroxylation is 4. The van der Waals surface area contributed by atoms with Gasteiger partial charge in [-0.2, -0.15) is 0 Å². The minimum atomic E-state index is -3.73. The van der Waals surface area contributed by atoms with Crippen LogP contribution in [0.4, 0.5) is 5.69 Å². The van der Waals surface area contributed by atoms with Crippen LogP contribution in [0, 0.1) is 27.7 Å². The van der Waals surface area contributed by atoms with Crippen molar-refractivity contribution in [2.75, 3.05) is 11.9 Å². The molecule has 0 unspecified atom stereocenters. The minimum Gasteiger partial charge on any atom is -0.325 e. The highest BCUT2D eigenvalue weighted by molar-refractivity contribution is 7.89. The average Bonchev–Trinajstić information content (AvgIpc) is 2.51. The summed E-state index contributed by atoms with van der Waals surface area (Å²) in [5, 5.41) is 2.74. The highest BCUT2D eigenvalue weighted by Gasteiger charge is 2.18. The number of hydrogen-bond acceptors (Lipinski definition) is 3. The van der Waals surface area contributed by atoms with E-state index in [0.717, 1.165) is 16.7 Å². The summed E-state index contributed by atoms with van der Waals surface area (Å²) in [6.07, 6.45) is 0. The molecule has 0 radical (unpaired) electrons. The van der Waals surface area contributed by atoms with E-state index in [9.17, 15) is 13.2 Å². The molecular formula is C18H22N2O3S. The van der Waals surface area contributed by atoms with Crippen molar-refractivity contribution in [1.82, 2.24) is 4.72 Å². The Balaban J connectivity index is 2.08. The molecule has 0 atom stereocenters. The van der Waals surface area contributed by atoms with Crippen molar-refractivity contribution in [2.24, 2.45) is 0 Å². The largest absolute Gasteiger partial charge is 0.325 e. The van der Waals surface area contributed by atoms with Crippen molar-refractivity contribution in [1.29, 1.82) is 0 Å². The topological polar surface area (TPSA) is 75.3 Å². The molecule has 0 heterocycles. The number of benzene rings is 2. The maximum absolute atomic E-state index is 12.4. The van der Waals surface area contributed by atoms with Gasteiger partial charge in [0.1, 0.15) is 0 Å². The van der Waals surface area contributed by atoms with Gasteiger partial charge in [-0.3, -0.25) is 4.79 Å². The lowest BCUT2D eigenvalue weighted by atomic mass is 10.1. The number of rotatable bonds is 5. The number of carbonyl (C=O) groups excluding carboxylic acids is 1. The minimum absolute atomic E-state index is 0.196. The van der Waals surface area contributed by atoms with Gasteiger partial charge in [-0.15, -0.1) is 0 Å². The highest BCUT2D eigenvalue weighted by Crippen LogP contribution is 2.17. The number of amides is 1. The van der Waals surface area contributed by atoms with Crippen LogP contribution in [0.3, 0.4) is 0 Å². The number of hydrogen-bond donors (Lipinski definition) is 2. The van der Waals surface area contributed by atoms with E-state index in [4.69, 9.17) is 0 Å². The van der Waals surface area contributed by atoms with Crippen molar-refractivity contribution in [3.63, 3.8) is 0 Å². The molecule has 0 aliphatic rings. The summed E-state index contributed by atoms with van der Waals surface area (Å²) in [6, 6.07) is 10.9. The van der Waals surface area contributed by atoms with Crippen LogP contribution in [0.2, 0.25) is 0 Å². The van der Waals surface area contributed by atoms with Gasteiger partial charge in [-0.1, -0.05) is 24.3 Å². The van der Waals surface area contributed by atoms with E-state index in [1.54, 1.807) is 19.1 Å². The van der Waals surface area contributed by atoms with Crippen LogP contribution in [0.5, 0.6) is 0 Å². The average molecular weight is 346 g/mol. The Morgan fingerprint density at radius 3 is 2.17 bits per heavy atom. The Morgan fingerprint density at radius 2 is 1.50 bits per heavy atom. The summed E-state index contributed by atoms with van der Waals surface area (Å²) < 4.78 is 27.1. The molecule has 0 bridgehead atoms. The normalized spacial score (nSPS) is 11.3. The van der Waals surface area contributed by atoms with Crippen LogP contribution in [0.15, 0.2) is 41.3 Å². The smallest absolute Gasteiger partial charge is 0.241 e. The molecule has 2 N–H and O–H groups in total. The summed E-state index contributed by atoms with van der Waals surface area (Å²) in [6.45, 7) is 7.05. The number of anilines is 1. The van der Waals surface area contributed by atoms with Crippen molar-refractivity contribution in [2.45, 2.75) is 32.6 Å². The van der Waals surface area contributed by atoms with Crippen LogP contribution in [-0.2, 0) is 14.8 Å². The lowest BCUT2D eigenvalue weighted by Crippen LogP contribution is -2.33. The third-order valence-corrected chi connectivity index (χ3v) is 5.27. The van der Waals surface area contributed by atoms with Gasteiger partial charge in [-0.25, -0.2) is 13.1 Å². The molecule has 0 saturated heterocycles. The van der Waals surface area contributed by atoms with Crippen molar-refractivity contribution < 1.29 is 13.2 Å². The van der Waals surface area contributed by atoms with Crippen LogP contribution in [0.1, 0.15) is 22.3 Å². The van der Waals surface area contributed by atoms with E-state index in [1.807, 2.05) is 45.0 Å². The molecule has 0 spiro atoms. The fraction of sp³-hybridized carbons (Fsp3) is 0.278. The van der Waals surface area contributed by atoms with E-state index in [0.29, 0.717) is 11.3 Å². The van der Waals surface area contributed by atoms with Gasteiger partial charge in [0.05, 0.1) is 11.4 Å². The molecule has 0 aliphatic heterocycles. The molecule has 0 aromatic heterocycles. The number of nitrogens with one attached hydrogen (secondary N) is 2. The molecule has 2 rings (SSSR count). The Morgan fingerprint density at radius 1 is 0.917 bits per heavy atom. The van der Waals surface area contributed by atoms with E-state index in [1.165, 1.54) is 0 Å². The first-order valence-corrected chi connectivity index (χ1v) is 9.11. The van der Waals surface area contributed by atoms with Gasteiger partial charge in [-0.05, 0) is 62.1 Å². The Hall–Kier alpha value is -2.18. The van der Waals surface area contributed by atoms with E-state index >= 15 is 0 Å². The van der Waals surface area contributed by atoms with Gasteiger partial charge in [0, 0.05) is 5.69 Å². The fourth-order valence-electron chi connectivity index (χ4n) is 2.30. The Kier molecular flexibility index (Phi) is 5.41. The zero-order chi connectivity index (χ0) is 17.9. The third kappa shape index (κ3) is 4.43. The van der Waals surface area contributed by atoms with Gasteiger partial charge in [0.25, 0.3) is 0 Å². The molecule has 0 aliphatic carbocycles. The quantitative estimate of drug-likeness (QED) is 0.874. The molecule has 2 aromatic rings. The first-order chi connectivity index (χ1) is 11.2. The second-order valence-corrected chi connectivity index (χ2v) is 7.70. The molecule has 128 valence electrons. The zero-order valence-electron chi connectivity index (χ0n) is 14.3. The van der Waals surface area contributed by atoms with Gasteiger partial charge in [0.15, 0.2) is 0 Å². The zero-order valence-corrected chi connectivity index (χ0v) is 15.1. The molecule has 1 amide bonds. The molecule has 6 heteroatoms. The molecule has 5 nitrogen and oxygen atoms in total. The lowest BCUT2D eigenvalue weighted by Gasteiger charge is -2.12. The summed E-state index contributed by atoms with van der Waals surface area (Å²) in [4.78, 5) is 12.3. The van der Waals surface area contributed by atoms with Gasteiger partial charge < -0.3 is 5.32 Å². The van der Waals surface area contributed by atoms with Crippen molar-refractivity contribution in [3.8, 4) is 0 Å². The van der Waals surface area contributed by atoms with Crippen LogP contribution >= 0.6 is 0 Å². The van der Waals surface area contributed by atoms with Crippen LogP contribution in [0.25, 0.3) is 0 Å². The fourth-order valence-corrected chi connectivity index (χ4v) is 3.61. The molecule has 24 heavy (non-hydrogen) atoms. The second-order valence-electron chi connectivity index (χ2n) is 5.96. The number of carbonyl (C=O) groups is 1. The predicted molar refractivity (Wildman–Crippen MR) is 95.7 cm³/mol. The summed E-state index contributed by atoms with van der Waals surface area (Å²) in [7, 11) is -3.73. The van der Waals surface area contributed by atoms with Crippen LogP contribution < -0.4 is 10.0 Å². The SMILES string of the molecule is Cc1ccc(C)c(NC(=O)CNS(=O)(=O)c2cc(C)ccc2C)c1. The second kappa shape index (κ2) is 7.15. The van der Waals surface area contributed by atoms with Crippen molar-refractivity contribution >= 4 is 21.6 Å². The van der Waals surface area contributed by atoms with E-state index in [2.05, 4.69) is 10.0 Å². The summed E-state index contributed by atoms with van der Waals surface area (Å²) >= 11 is 0. The molecule has 0 saturated carbocycles. The Labute approximate surface area is 143 Å². The molecule has 2 aromatic carbocycles. The molecular weight excluding hydrogens is 324 g/mol. The first kappa shape index (κ1) is 18.2. The predicted octanol–water partition coefficient (Wildman–Crippen LogP) is 2.84. The number of sulfonamides is 1. The third-order valence-electron chi connectivity index (χ3n) is 3.72. The first-order valence-electron chi connectivity index (χ1n) is 7.63. The summed E-state index contributed by atoms with van der Waals surface area (Å²) in [5.41, 5.74) is 4.12. The lowest BCUT2D eigenvalue weighted by molar-refractivity contribution is -0.115. The molecule has 0 fully saturated rings. The Bertz CT molecular complexity index is 874. The van der Waals surface area contributed by atoms with Crippen molar-refractivity contribution in [3.05, 3.63) is 58.7 Å². The maximum Gasteiger partial charge on any atom is 0.241 e. The monoisotopic (exact) mass is 346 g/mol. The van der Waals surface area contributed by atoms with E-state index < -0.39 is 15.9 Å². The highest BCUT2D eigenvalue weighted by atomic mass is 32.2. The van der Waals surface area contributed by atoms with Gasteiger partial charge in [0.2, 0.25) is 15.9 Å². The maximum atomic E-state index is 12.4. The van der Waals surface area contributed by atoms with E-state index in [-0.39, 0.29) is 11.4 Å². The van der Waals surface area contributed by atoms with Gasteiger partial charge >= 0.3 is 0 Å². The standard InChI is InChI=1S/C18H22N2O3S/c1-12-5-7-14(3)16(9-12)20-18(21)11-19-24(22,23)17-10-13(2)6-8-15(17)4/h5-10,19H,11H2,1-4H3,(H,20,21).